The fourth-order valence-electron chi connectivity index (χ4n) is 2.09. The van der Waals surface area contributed by atoms with Crippen molar-refractivity contribution in [3.63, 3.8) is 0 Å². The van der Waals surface area contributed by atoms with Crippen LogP contribution in [0, 0.1) is 0 Å². The van der Waals surface area contributed by atoms with E-state index < -0.39 is 0 Å². The summed E-state index contributed by atoms with van der Waals surface area (Å²) >= 11 is 11.9. The van der Waals surface area contributed by atoms with E-state index in [0.29, 0.717) is 34.7 Å². The summed E-state index contributed by atoms with van der Waals surface area (Å²) in [6.07, 6.45) is 0. The Morgan fingerprint density at radius 3 is 2.33 bits per heavy atom. The molecule has 0 aromatic heterocycles. The number of nitrogens with zero attached hydrogens (tertiary/aromatic N) is 1. The van der Waals surface area contributed by atoms with Gasteiger partial charge in [0, 0.05) is 13.6 Å². The van der Waals surface area contributed by atoms with Gasteiger partial charge in [0.2, 0.25) is 0 Å². The second kappa shape index (κ2) is 8.81. The van der Waals surface area contributed by atoms with E-state index in [9.17, 15) is 4.79 Å². The Balaban J connectivity index is 1.93. The zero-order valence-electron chi connectivity index (χ0n) is 13.6. The molecule has 0 aliphatic rings. The molecule has 0 heterocycles. The maximum atomic E-state index is 12.2. The summed E-state index contributed by atoms with van der Waals surface area (Å²) in [7, 11) is 1.71. The predicted octanol–water partition coefficient (Wildman–Crippen LogP) is 4.43. The number of carbonyl (C=O) groups excluding carboxylic acids is 1. The lowest BCUT2D eigenvalue weighted by Crippen LogP contribution is -2.31. The molecule has 0 fully saturated rings. The molecule has 0 saturated carbocycles. The van der Waals surface area contributed by atoms with E-state index in [1.54, 1.807) is 30.1 Å². The number of hydrogen-bond acceptors (Lipinski definition) is 3. The van der Waals surface area contributed by atoms with Crippen LogP contribution in [0.2, 0.25) is 10.0 Å². The van der Waals surface area contributed by atoms with Crippen molar-refractivity contribution in [3.05, 3.63) is 58.1 Å². The lowest BCUT2D eigenvalue weighted by Gasteiger charge is -2.18. The average Bonchev–Trinajstić information content (AvgIpc) is 2.57. The van der Waals surface area contributed by atoms with Gasteiger partial charge in [-0.2, -0.15) is 0 Å². The molecule has 0 atom stereocenters. The lowest BCUT2D eigenvalue weighted by molar-refractivity contribution is -0.132. The van der Waals surface area contributed by atoms with Crippen molar-refractivity contribution in [2.45, 2.75) is 13.5 Å². The van der Waals surface area contributed by atoms with Gasteiger partial charge in [-0.3, -0.25) is 4.79 Å². The van der Waals surface area contributed by atoms with Crippen LogP contribution in [0.1, 0.15) is 12.5 Å². The molecule has 0 bridgehead atoms. The third kappa shape index (κ3) is 5.05. The number of rotatable bonds is 7. The smallest absolute Gasteiger partial charge is 0.260 e. The molecule has 2 aromatic carbocycles. The average molecular weight is 368 g/mol. The second-order valence-electron chi connectivity index (χ2n) is 5.17. The summed E-state index contributed by atoms with van der Waals surface area (Å²) in [5.41, 5.74) is 0.898. The van der Waals surface area contributed by atoms with Gasteiger partial charge in [-0.15, -0.1) is 0 Å². The van der Waals surface area contributed by atoms with Crippen LogP contribution in [0.15, 0.2) is 42.5 Å². The molecule has 0 saturated heterocycles. The first kappa shape index (κ1) is 18.4. The van der Waals surface area contributed by atoms with Crippen LogP contribution in [-0.4, -0.2) is 31.1 Å². The minimum absolute atomic E-state index is 0.0676. The first-order valence-electron chi connectivity index (χ1n) is 7.53. The van der Waals surface area contributed by atoms with Crippen molar-refractivity contribution in [1.82, 2.24) is 4.90 Å². The zero-order chi connectivity index (χ0) is 17.5. The van der Waals surface area contributed by atoms with Crippen molar-refractivity contribution in [2.24, 2.45) is 0 Å². The molecule has 4 nitrogen and oxygen atoms in total. The van der Waals surface area contributed by atoms with E-state index in [4.69, 9.17) is 32.7 Å². The number of hydrogen-bond donors (Lipinski definition) is 0. The normalized spacial score (nSPS) is 10.3. The Labute approximate surface area is 151 Å². The molecule has 0 aliphatic carbocycles. The fourth-order valence-corrected chi connectivity index (χ4v) is 2.41. The van der Waals surface area contributed by atoms with Crippen molar-refractivity contribution in [3.8, 4) is 11.5 Å². The van der Waals surface area contributed by atoms with Crippen molar-refractivity contribution >= 4 is 29.1 Å². The summed E-state index contributed by atoms with van der Waals surface area (Å²) in [5.74, 6) is 1.03. The van der Waals surface area contributed by atoms with Crippen molar-refractivity contribution < 1.29 is 14.3 Å². The highest BCUT2D eigenvalue weighted by molar-refractivity contribution is 6.42. The second-order valence-corrected chi connectivity index (χ2v) is 5.98. The first-order valence-corrected chi connectivity index (χ1v) is 8.29. The van der Waals surface area contributed by atoms with Gasteiger partial charge in [0.25, 0.3) is 5.91 Å². The highest BCUT2D eigenvalue weighted by atomic mass is 35.5. The van der Waals surface area contributed by atoms with Gasteiger partial charge >= 0.3 is 0 Å². The molecule has 24 heavy (non-hydrogen) atoms. The number of benzene rings is 2. The number of carbonyl (C=O) groups is 1. The summed E-state index contributed by atoms with van der Waals surface area (Å²) in [4.78, 5) is 13.8. The molecular formula is C18H19Cl2NO3. The molecule has 0 N–H and O–H groups in total. The number of amides is 1. The van der Waals surface area contributed by atoms with E-state index in [1.807, 2.05) is 31.2 Å². The molecule has 128 valence electrons. The lowest BCUT2D eigenvalue weighted by atomic mass is 10.2. The summed E-state index contributed by atoms with van der Waals surface area (Å²) in [6, 6.07) is 12.6. The molecular weight excluding hydrogens is 349 g/mol. The van der Waals surface area contributed by atoms with Crippen LogP contribution in [0.4, 0.5) is 0 Å². The first-order chi connectivity index (χ1) is 11.5. The van der Waals surface area contributed by atoms with Gasteiger partial charge in [-0.25, -0.2) is 0 Å². The number of halogens is 2. The van der Waals surface area contributed by atoms with Crippen LogP contribution >= 0.6 is 23.2 Å². The van der Waals surface area contributed by atoms with Crippen LogP contribution in [-0.2, 0) is 11.3 Å². The Morgan fingerprint density at radius 2 is 1.71 bits per heavy atom. The van der Waals surface area contributed by atoms with Crippen LogP contribution in [0.3, 0.4) is 0 Å². The van der Waals surface area contributed by atoms with Gasteiger partial charge in [-0.05, 0) is 36.8 Å². The molecule has 0 spiro atoms. The van der Waals surface area contributed by atoms with Gasteiger partial charge in [0.15, 0.2) is 18.1 Å². The monoisotopic (exact) mass is 367 g/mol. The summed E-state index contributed by atoms with van der Waals surface area (Å²) < 4.78 is 11.1. The van der Waals surface area contributed by atoms with Gasteiger partial charge in [-0.1, -0.05) is 41.4 Å². The van der Waals surface area contributed by atoms with Crippen LogP contribution in [0.25, 0.3) is 0 Å². The molecule has 0 unspecified atom stereocenters. The van der Waals surface area contributed by atoms with Gasteiger partial charge in [0.1, 0.15) is 0 Å². The molecule has 2 aromatic rings. The number of likely N-dealkylation sites (N-methyl/N-ethyl adjacent to an activating group) is 1. The van der Waals surface area contributed by atoms with Crippen LogP contribution < -0.4 is 9.47 Å². The maximum absolute atomic E-state index is 12.2. The quantitative estimate of drug-likeness (QED) is 0.726. The topological polar surface area (TPSA) is 38.8 Å². The Morgan fingerprint density at radius 1 is 1.04 bits per heavy atom. The SMILES string of the molecule is CCOc1ccccc1OCC(=O)N(C)Cc1ccc(Cl)c(Cl)c1. The summed E-state index contributed by atoms with van der Waals surface area (Å²) in [6.45, 7) is 2.78. The van der Waals surface area contributed by atoms with Crippen molar-refractivity contribution in [2.75, 3.05) is 20.3 Å². The third-order valence-electron chi connectivity index (χ3n) is 3.33. The molecule has 2 rings (SSSR count). The van der Waals surface area contributed by atoms with Gasteiger partial charge < -0.3 is 14.4 Å². The zero-order valence-corrected chi connectivity index (χ0v) is 15.1. The standard InChI is InChI=1S/C18H19Cl2NO3/c1-3-23-16-6-4-5-7-17(16)24-12-18(22)21(2)11-13-8-9-14(19)15(20)10-13/h4-10H,3,11-12H2,1-2H3. The van der Waals surface area contributed by atoms with Crippen molar-refractivity contribution in [1.29, 1.82) is 0 Å². The minimum Gasteiger partial charge on any atom is -0.490 e. The minimum atomic E-state index is -0.146. The molecule has 0 aliphatic heterocycles. The van der Waals surface area contributed by atoms with E-state index >= 15 is 0 Å². The van der Waals surface area contributed by atoms with Crippen LogP contribution in [0.5, 0.6) is 11.5 Å². The maximum Gasteiger partial charge on any atom is 0.260 e. The van der Waals surface area contributed by atoms with Gasteiger partial charge in [0.05, 0.1) is 16.7 Å². The summed E-state index contributed by atoms with van der Waals surface area (Å²) in [5, 5.41) is 0.960. The Kier molecular flexibility index (Phi) is 6.76. The number of ether oxygens (including phenoxy) is 2. The largest absolute Gasteiger partial charge is 0.490 e. The molecule has 6 heteroatoms. The number of para-hydroxylation sites is 2. The van der Waals surface area contributed by atoms with E-state index in [-0.39, 0.29) is 12.5 Å². The highest BCUT2D eigenvalue weighted by Gasteiger charge is 2.12. The van der Waals surface area contributed by atoms with E-state index in [0.717, 1.165) is 5.56 Å². The fraction of sp³-hybridized carbons (Fsp3) is 0.278. The Bertz CT molecular complexity index is 706. The molecule has 1 amide bonds. The Hall–Kier alpha value is -1.91. The van der Waals surface area contributed by atoms with E-state index in [2.05, 4.69) is 0 Å². The molecule has 0 radical (unpaired) electrons. The highest BCUT2D eigenvalue weighted by Crippen LogP contribution is 2.26. The third-order valence-corrected chi connectivity index (χ3v) is 4.07. The predicted molar refractivity (Wildman–Crippen MR) is 96.0 cm³/mol. The van der Waals surface area contributed by atoms with E-state index in [1.165, 1.54) is 0 Å².